The Morgan fingerprint density at radius 1 is 1.50 bits per heavy atom. The standard InChI is InChI=1S/C15H25NO2/c1-3-15-13(8-10-18-15)11-16-12(2)6-7-14-5-4-9-17-14/h4-5,9,12-13,15-16H,3,6-8,10-11H2,1-2H3. The molecule has 1 aromatic heterocycles. The van der Waals surface area contributed by atoms with Crippen molar-refractivity contribution in [1.29, 1.82) is 0 Å². The zero-order valence-electron chi connectivity index (χ0n) is 11.5. The molecule has 0 aromatic carbocycles. The minimum absolute atomic E-state index is 0.467. The summed E-state index contributed by atoms with van der Waals surface area (Å²) in [7, 11) is 0. The average Bonchev–Trinajstić information content (AvgIpc) is 3.04. The molecular formula is C15H25NO2. The lowest BCUT2D eigenvalue weighted by molar-refractivity contribution is 0.0866. The van der Waals surface area contributed by atoms with Gasteiger partial charge >= 0.3 is 0 Å². The van der Waals surface area contributed by atoms with E-state index in [0.29, 0.717) is 18.1 Å². The van der Waals surface area contributed by atoms with Crippen molar-refractivity contribution >= 4 is 0 Å². The Balaban J connectivity index is 1.63. The van der Waals surface area contributed by atoms with E-state index in [4.69, 9.17) is 9.15 Å². The molecule has 18 heavy (non-hydrogen) atoms. The number of rotatable bonds is 7. The van der Waals surface area contributed by atoms with Crippen LogP contribution >= 0.6 is 0 Å². The third-order valence-electron chi connectivity index (χ3n) is 3.88. The van der Waals surface area contributed by atoms with Crippen LogP contribution in [0, 0.1) is 5.92 Å². The molecule has 1 aliphatic heterocycles. The quantitative estimate of drug-likeness (QED) is 0.809. The monoisotopic (exact) mass is 251 g/mol. The van der Waals surface area contributed by atoms with Crippen molar-refractivity contribution in [3.05, 3.63) is 24.2 Å². The second-order valence-electron chi connectivity index (χ2n) is 5.29. The molecule has 0 radical (unpaired) electrons. The molecule has 0 aliphatic carbocycles. The van der Waals surface area contributed by atoms with Crippen molar-refractivity contribution in [2.24, 2.45) is 5.92 Å². The Kier molecular flexibility index (Phi) is 5.26. The number of aryl methyl sites for hydroxylation is 1. The maximum Gasteiger partial charge on any atom is 0.103 e. The van der Waals surface area contributed by atoms with Gasteiger partial charge in [0.25, 0.3) is 0 Å². The van der Waals surface area contributed by atoms with Crippen molar-refractivity contribution in [3.63, 3.8) is 0 Å². The molecule has 2 rings (SSSR count). The van der Waals surface area contributed by atoms with E-state index in [1.165, 1.54) is 6.42 Å². The molecule has 0 saturated carbocycles. The van der Waals surface area contributed by atoms with E-state index in [2.05, 4.69) is 19.2 Å². The lowest BCUT2D eigenvalue weighted by Crippen LogP contribution is -2.34. The van der Waals surface area contributed by atoms with Gasteiger partial charge in [0.1, 0.15) is 5.76 Å². The fourth-order valence-corrected chi connectivity index (χ4v) is 2.65. The maximum atomic E-state index is 5.71. The van der Waals surface area contributed by atoms with E-state index in [9.17, 15) is 0 Å². The Morgan fingerprint density at radius 3 is 3.11 bits per heavy atom. The largest absolute Gasteiger partial charge is 0.469 e. The van der Waals surface area contributed by atoms with Crippen LogP contribution in [-0.4, -0.2) is 25.3 Å². The molecule has 3 unspecified atom stereocenters. The highest BCUT2D eigenvalue weighted by Gasteiger charge is 2.26. The SMILES string of the molecule is CCC1OCCC1CNC(C)CCc1ccco1. The first-order valence-corrected chi connectivity index (χ1v) is 7.17. The van der Waals surface area contributed by atoms with Crippen molar-refractivity contribution in [3.8, 4) is 0 Å². The molecule has 1 fully saturated rings. The van der Waals surface area contributed by atoms with Crippen LogP contribution in [0.3, 0.4) is 0 Å². The van der Waals surface area contributed by atoms with Gasteiger partial charge in [-0.2, -0.15) is 0 Å². The first-order valence-electron chi connectivity index (χ1n) is 7.17. The molecule has 1 aliphatic rings. The van der Waals surface area contributed by atoms with Crippen LogP contribution in [0.1, 0.15) is 38.9 Å². The fraction of sp³-hybridized carbons (Fsp3) is 0.733. The number of ether oxygens (including phenoxy) is 1. The van der Waals surface area contributed by atoms with Crippen molar-refractivity contribution < 1.29 is 9.15 Å². The predicted octanol–water partition coefficient (Wildman–Crippen LogP) is 3.01. The summed E-state index contributed by atoms with van der Waals surface area (Å²) in [4.78, 5) is 0. The van der Waals surface area contributed by atoms with Crippen molar-refractivity contribution in [2.45, 2.75) is 51.7 Å². The topological polar surface area (TPSA) is 34.4 Å². The van der Waals surface area contributed by atoms with Gasteiger partial charge < -0.3 is 14.5 Å². The molecule has 0 spiro atoms. The van der Waals surface area contributed by atoms with Crippen LogP contribution in [0.2, 0.25) is 0 Å². The first-order chi connectivity index (χ1) is 8.79. The summed E-state index contributed by atoms with van der Waals surface area (Å²) in [5.41, 5.74) is 0. The van der Waals surface area contributed by atoms with Gasteiger partial charge in [-0.15, -0.1) is 0 Å². The summed E-state index contributed by atoms with van der Waals surface area (Å²) in [5.74, 6) is 1.78. The first kappa shape index (κ1) is 13.6. The smallest absolute Gasteiger partial charge is 0.103 e. The summed E-state index contributed by atoms with van der Waals surface area (Å²) in [6.45, 7) is 6.48. The van der Waals surface area contributed by atoms with Gasteiger partial charge in [-0.25, -0.2) is 0 Å². The van der Waals surface area contributed by atoms with Crippen LogP contribution in [0.5, 0.6) is 0 Å². The van der Waals surface area contributed by atoms with Crippen molar-refractivity contribution in [2.75, 3.05) is 13.2 Å². The highest BCUT2D eigenvalue weighted by Crippen LogP contribution is 2.22. The van der Waals surface area contributed by atoms with Gasteiger partial charge in [-0.1, -0.05) is 6.92 Å². The Bertz CT molecular complexity index is 323. The second-order valence-corrected chi connectivity index (χ2v) is 5.29. The van der Waals surface area contributed by atoms with Gasteiger partial charge in [0.15, 0.2) is 0 Å². The highest BCUT2D eigenvalue weighted by atomic mass is 16.5. The lowest BCUT2D eigenvalue weighted by atomic mass is 9.99. The molecule has 0 amide bonds. The summed E-state index contributed by atoms with van der Waals surface area (Å²) in [6.07, 6.45) is 6.69. The number of furan rings is 1. The molecule has 1 aromatic rings. The normalized spacial score (nSPS) is 25.4. The van der Waals surface area contributed by atoms with E-state index in [1.807, 2.05) is 12.1 Å². The van der Waals surface area contributed by atoms with Gasteiger partial charge in [0.05, 0.1) is 12.4 Å². The molecule has 2 heterocycles. The van der Waals surface area contributed by atoms with Crippen molar-refractivity contribution in [1.82, 2.24) is 5.32 Å². The van der Waals surface area contributed by atoms with Crippen LogP contribution in [0.4, 0.5) is 0 Å². The number of nitrogens with one attached hydrogen (secondary N) is 1. The van der Waals surface area contributed by atoms with E-state index >= 15 is 0 Å². The van der Waals surface area contributed by atoms with Gasteiger partial charge in [-0.3, -0.25) is 0 Å². The summed E-state index contributed by atoms with van der Waals surface area (Å²) in [5, 5.41) is 3.63. The van der Waals surface area contributed by atoms with Gasteiger partial charge in [0, 0.05) is 25.6 Å². The van der Waals surface area contributed by atoms with E-state index < -0.39 is 0 Å². The zero-order valence-corrected chi connectivity index (χ0v) is 11.5. The van der Waals surface area contributed by atoms with Gasteiger partial charge in [0.2, 0.25) is 0 Å². The van der Waals surface area contributed by atoms with E-state index in [0.717, 1.165) is 38.2 Å². The third-order valence-corrected chi connectivity index (χ3v) is 3.88. The van der Waals surface area contributed by atoms with Gasteiger partial charge in [-0.05, 0) is 44.2 Å². The average molecular weight is 251 g/mol. The van der Waals surface area contributed by atoms with Crippen LogP contribution in [-0.2, 0) is 11.2 Å². The Labute approximate surface area is 110 Å². The number of hydrogen-bond donors (Lipinski definition) is 1. The molecule has 102 valence electrons. The Hall–Kier alpha value is -0.800. The maximum absolute atomic E-state index is 5.71. The molecular weight excluding hydrogens is 226 g/mol. The second kappa shape index (κ2) is 6.95. The summed E-state index contributed by atoms with van der Waals surface area (Å²) in [6, 6.07) is 4.54. The highest BCUT2D eigenvalue weighted by molar-refractivity contribution is 4.98. The van der Waals surface area contributed by atoms with Crippen LogP contribution in [0.25, 0.3) is 0 Å². The molecule has 0 bridgehead atoms. The minimum atomic E-state index is 0.467. The molecule has 1 N–H and O–H groups in total. The Morgan fingerprint density at radius 2 is 2.39 bits per heavy atom. The van der Waals surface area contributed by atoms with E-state index in [-0.39, 0.29) is 0 Å². The van der Waals surface area contributed by atoms with E-state index in [1.54, 1.807) is 6.26 Å². The molecule has 3 atom stereocenters. The van der Waals surface area contributed by atoms with Crippen LogP contribution in [0.15, 0.2) is 22.8 Å². The summed E-state index contributed by atoms with van der Waals surface area (Å²) < 4.78 is 11.1. The molecule has 1 saturated heterocycles. The lowest BCUT2D eigenvalue weighted by Gasteiger charge is -2.20. The minimum Gasteiger partial charge on any atom is -0.469 e. The van der Waals surface area contributed by atoms with Crippen LogP contribution < -0.4 is 5.32 Å². The predicted molar refractivity (Wildman–Crippen MR) is 72.6 cm³/mol. The number of hydrogen-bond acceptors (Lipinski definition) is 3. The fourth-order valence-electron chi connectivity index (χ4n) is 2.65. The third kappa shape index (κ3) is 3.85. The molecule has 3 heteroatoms. The molecule has 3 nitrogen and oxygen atoms in total. The zero-order chi connectivity index (χ0) is 12.8. The summed E-state index contributed by atoms with van der Waals surface area (Å²) >= 11 is 0.